The number of rotatable bonds is 5. The summed E-state index contributed by atoms with van der Waals surface area (Å²) in [6.45, 7) is 11.8. The number of carbonyl (C=O) groups is 1. The highest BCUT2D eigenvalue weighted by Gasteiger charge is 2.20. The molecule has 1 aliphatic heterocycles. The highest BCUT2D eigenvalue weighted by molar-refractivity contribution is 5.74. The van der Waals surface area contributed by atoms with Crippen molar-refractivity contribution in [1.29, 1.82) is 0 Å². The van der Waals surface area contributed by atoms with Crippen LogP contribution in [0, 0.1) is 13.8 Å². The molecule has 0 bridgehead atoms. The lowest BCUT2D eigenvalue weighted by atomic mass is 10.1. The van der Waals surface area contributed by atoms with Gasteiger partial charge in [0.1, 0.15) is 12.4 Å². The van der Waals surface area contributed by atoms with Crippen molar-refractivity contribution in [2.45, 2.75) is 20.8 Å². The summed E-state index contributed by atoms with van der Waals surface area (Å²) in [7, 11) is 0. The number of carbonyl (C=O) groups excluding carboxylic acids is 1. The summed E-state index contributed by atoms with van der Waals surface area (Å²) in [6, 6.07) is 6.26. The fraction of sp³-hybridized carbons (Fsp3) is 0.588. The highest BCUT2D eigenvalue weighted by Crippen LogP contribution is 2.22. The molecule has 5 nitrogen and oxygen atoms in total. The van der Waals surface area contributed by atoms with Gasteiger partial charge in [-0.1, -0.05) is 18.2 Å². The monoisotopic (exact) mass is 305 g/mol. The van der Waals surface area contributed by atoms with Crippen molar-refractivity contribution in [1.82, 2.24) is 15.1 Å². The number of hydrogen-bond acceptors (Lipinski definition) is 3. The molecule has 2 rings (SSSR count). The lowest BCUT2D eigenvalue weighted by Crippen LogP contribution is -2.52. The van der Waals surface area contributed by atoms with Crippen LogP contribution in [0.1, 0.15) is 18.1 Å². The second-order valence-electron chi connectivity index (χ2n) is 5.73. The molecule has 0 radical (unpaired) electrons. The predicted octanol–water partition coefficient (Wildman–Crippen LogP) is 2.03. The topological polar surface area (TPSA) is 44.8 Å². The van der Waals surface area contributed by atoms with E-state index >= 15 is 0 Å². The van der Waals surface area contributed by atoms with Crippen molar-refractivity contribution in [2.75, 3.05) is 45.9 Å². The molecule has 0 atom stereocenters. The Labute approximate surface area is 133 Å². The average molecular weight is 305 g/mol. The maximum Gasteiger partial charge on any atom is 0.317 e. The van der Waals surface area contributed by atoms with Crippen LogP contribution < -0.4 is 10.1 Å². The minimum Gasteiger partial charge on any atom is -0.492 e. The standard InChI is InChI=1S/C17H27N3O2/c1-4-18-17(21)20-10-8-19(9-11-20)12-13-22-16-14(2)6-5-7-15(16)3/h5-7H,4,8-13H2,1-3H3,(H,18,21). The number of aryl methyl sites for hydroxylation is 2. The van der Waals surface area contributed by atoms with Gasteiger partial charge in [-0.15, -0.1) is 0 Å². The molecular weight excluding hydrogens is 278 g/mol. The van der Waals surface area contributed by atoms with E-state index in [-0.39, 0.29) is 6.03 Å². The lowest BCUT2D eigenvalue weighted by molar-refractivity contribution is 0.126. The number of hydrogen-bond donors (Lipinski definition) is 1. The van der Waals surface area contributed by atoms with Gasteiger partial charge in [0, 0.05) is 39.3 Å². The molecule has 1 heterocycles. The fourth-order valence-electron chi connectivity index (χ4n) is 2.74. The fourth-order valence-corrected chi connectivity index (χ4v) is 2.74. The quantitative estimate of drug-likeness (QED) is 0.905. The van der Waals surface area contributed by atoms with E-state index in [9.17, 15) is 4.79 Å². The molecule has 122 valence electrons. The van der Waals surface area contributed by atoms with Gasteiger partial charge >= 0.3 is 6.03 Å². The number of ether oxygens (including phenoxy) is 1. The van der Waals surface area contributed by atoms with E-state index in [1.807, 2.05) is 11.8 Å². The summed E-state index contributed by atoms with van der Waals surface area (Å²) in [5.74, 6) is 1.00. The van der Waals surface area contributed by atoms with E-state index in [4.69, 9.17) is 4.74 Å². The first-order valence-electron chi connectivity index (χ1n) is 8.06. The Kier molecular flexibility index (Phi) is 6.07. The normalized spacial score (nSPS) is 15.7. The molecule has 1 saturated heterocycles. The number of nitrogens with zero attached hydrogens (tertiary/aromatic N) is 2. The molecule has 1 aromatic rings. The number of benzene rings is 1. The van der Waals surface area contributed by atoms with Crippen LogP contribution in [0.2, 0.25) is 0 Å². The van der Waals surface area contributed by atoms with Gasteiger partial charge in [0.15, 0.2) is 0 Å². The zero-order valence-corrected chi connectivity index (χ0v) is 13.9. The van der Waals surface area contributed by atoms with Crippen LogP contribution in [0.15, 0.2) is 18.2 Å². The largest absolute Gasteiger partial charge is 0.492 e. The Morgan fingerprint density at radius 1 is 1.18 bits per heavy atom. The van der Waals surface area contributed by atoms with Gasteiger partial charge in [0.05, 0.1) is 0 Å². The maximum atomic E-state index is 11.8. The summed E-state index contributed by atoms with van der Waals surface area (Å²) >= 11 is 0. The molecule has 1 aliphatic rings. The molecule has 2 amide bonds. The first kappa shape index (κ1) is 16.6. The van der Waals surface area contributed by atoms with Gasteiger partial charge in [-0.3, -0.25) is 4.90 Å². The number of para-hydroxylation sites is 1. The number of piperazine rings is 1. The van der Waals surface area contributed by atoms with Crippen molar-refractivity contribution < 1.29 is 9.53 Å². The Balaban J connectivity index is 1.72. The van der Waals surface area contributed by atoms with Crippen molar-refractivity contribution in [3.05, 3.63) is 29.3 Å². The van der Waals surface area contributed by atoms with E-state index < -0.39 is 0 Å². The third-order valence-corrected chi connectivity index (χ3v) is 4.05. The summed E-state index contributed by atoms with van der Waals surface area (Å²) in [6.07, 6.45) is 0. The summed E-state index contributed by atoms with van der Waals surface area (Å²) in [4.78, 5) is 16.0. The van der Waals surface area contributed by atoms with E-state index in [1.165, 1.54) is 11.1 Å². The minimum atomic E-state index is 0.0499. The first-order chi connectivity index (χ1) is 10.6. The molecule has 5 heteroatoms. The highest BCUT2D eigenvalue weighted by atomic mass is 16.5. The molecule has 0 unspecified atom stereocenters. The lowest BCUT2D eigenvalue weighted by Gasteiger charge is -2.34. The van der Waals surface area contributed by atoms with Crippen LogP contribution in [-0.4, -0.2) is 61.7 Å². The summed E-state index contributed by atoms with van der Waals surface area (Å²) in [5, 5.41) is 2.85. The number of amides is 2. The Morgan fingerprint density at radius 2 is 1.82 bits per heavy atom. The summed E-state index contributed by atoms with van der Waals surface area (Å²) in [5.41, 5.74) is 2.36. The van der Waals surface area contributed by atoms with Crippen molar-refractivity contribution in [3.8, 4) is 5.75 Å². The van der Waals surface area contributed by atoms with Gasteiger partial charge in [-0.2, -0.15) is 0 Å². The van der Waals surface area contributed by atoms with Crippen LogP contribution in [0.5, 0.6) is 5.75 Å². The van der Waals surface area contributed by atoms with E-state index in [1.54, 1.807) is 0 Å². The van der Waals surface area contributed by atoms with E-state index in [2.05, 4.69) is 42.3 Å². The SMILES string of the molecule is CCNC(=O)N1CCN(CCOc2c(C)cccc2C)CC1. The van der Waals surface area contributed by atoms with Crippen LogP contribution in [0.4, 0.5) is 4.79 Å². The molecule has 0 saturated carbocycles. The molecule has 0 spiro atoms. The molecule has 1 fully saturated rings. The molecular formula is C17H27N3O2. The zero-order chi connectivity index (χ0) is 15.9. The Morgan fingerprint density at radius 3 is 2.41 bits per heavy atom. The average Bonchev–Trinajstić information content (AvgIpc) is 2.51. The molecule has 1 aromatic carbocycles. The van der Waals surface area contributed by atoms with Crippen LogP contribution in [0.3, 0.4) is 0 Å². The van der Waals surface area contributed by atoms with Gasteiger partial charge in [0.25, 0.3) is 0 Å². The van der Waals surface area contributed by atoms with Crippen molar-refractivity contribution in [2.24, 2.45) is 0 Å². The zero-order valence-electron chi connectivity index (χ0n) is 13.9. The Hall–Kier alpha value is -1.75. The second-order valence-corrected chi connectivity index (χ2v) is 5.73. The predicted molar refractivity (Wildman–Crippen MR) is 88.5 cm³/mol. The molecule has 22 heavy (non-hydrogen) atoms. The minimum absolute atomic E-state index is 0.0499. The Bertz CT molecular complexity index is 476. The smallest absolute Gasteiger partial charge is 0.317 e. The van der Waals surface area contributed by atoms with Crippen molar-refractivity contribution in [3.63, 3.8) is 0 Å². The maximum absolute atomic E-state index is 11.8. The van der Waals surface area contributed by atoms with Crippen LogP contribution >= 0.6 is 0 Å². The third kappa shape index (κ3) is 4.37. The molecule has 0 aliphatic carbocycles. The van der Waals surface area contributed by atoms with Gasteiger partial charge < -0.3 is 15.0 Å². The van der Waals surface area contributed by atoms with Gasteiger partial charge in [-0.05, 0) is 31.9 Å². The molecule has 1 N–H and O–H groups in total. The summed E-state index contributed by atoms with van der Waals surface area (Å²) < 4.78 is 5.95. The van der Waals surface area contributed by atoms with Crippen LogP contribution in [0.25, 0.3) is 0 Å². The van der Waals surface area contributed by atoms with E-state index in [0.29, 0.717) is 13.2 Å². The molecule has 0 aromatic heterocycles. The van der Waals surface area contributed by atoms with Crippen molar-refractivity contribution >= 4 is 6.03 Å². The number of nitrogens with one attached hydrogen (secondary N) is 1. The first-order valence-corrected chi connectivity index (χ1v) is 8.06. The third-order valence-electron chi connectivity index (χ3n) is 4.05. The second kappa shape index (κ2) is 8.03. The number of urea groups is 1. The van der Waals surface area contributed by atoms with Gasteiger partial charge in [-0.25, -0.2) is 4.79 Å². The van der Waals surface area contributed by atoms with Gasteiger partial charge in [0.2, 0.25) is 0 Å². The van der Waals surface area contributed by atoms with E-state index in [0.717, 1.165) is 38.5 Å². The van der Waals surface area contributed by atoms with Crippen LogP contribution in [-0.2, 0) is 0 Å².